The Labute approximate surface area is 114 Å². The molecule has 0 saturated heterocycles. The van der Waals surface area contributed by atoms with Crippen LogP contribution in [0, 0.1) is 0 Å². The van der Waals surface area contributed by atoms with E-state index in [9.17, 15) is 0 Å². The van der Waals surface area contributed by atoms with Crippen molar-refractivity contribution >= 4 is 0 Å². The zero-order valence-electron chi connectivity index (χ0n) is 11.2. The van der Waals surface area contributed by atoms with Crippen LogP contribution in [0.25, 0.3) is 0 Å². The molecule has 2 aromatic rings. The van der Waals surface area contributed by atoms with Crippen molar-refractivity contribution in [2.45, 2.75) is 12.6 Å². The van der Waals surface area contributed by atoms with E-state index in [0.29, 0.717) is 0 Å². The van der Waals surface area contributed by atoms with Crippen molar-refractivity contribution in [3.8, 4) is 5.75 Å². The molecule has 0 fully saturated rings. The maximum absolute atomic E-state index is 5.15. The molecular formula is C17H19NO. The lowest BCUT2D eigenvalue weighted by atomic mass is 10.1. The molecule has 1 atom stereocenters. The molecule has 0 aliphatic heterocycles. The number of hydrogen-bond acceptors (Lipinski definition) is 2. The van der Waals surface area contributed by atoms with Gasteiger partial charge in [-0.1, -0.05) is 48.5 Å². The molecule has 2 nitrogen and oxygen atoms in total. The normalized spacial score (nSPS) is 11.8. The Morgan fingerprint density at radius 1 is 1.11 bits per heavy atom. The van der Waals surface area contributed by atoms with Crippen molar-refractivity contribution in [2.24, 2.45) is 0 Å². The molecular weight excluding hydrogens is 234 g/mol. The van der Waals surface area contributed by atoms with Gasteiger partial charge in [-0.15, -0.1) is 6.58 Å². The van der Waals surface area contributed by atoms with Crippen LogP contribution in [-0.2, 0) is 6.54 Å². The fraction of sp³-hybridized carbons (Fsp3) is 0.176. The lowest BCUT2D eigenvalue weighted by Gasteiger charge is -2.15. The summed E-state index contributed by atoms with van der Waals surface area (Å²) in [7, 11) is 1.68. The number of methoxy groups -OCH3 is 1. The molecule has 0 spiro atoms. The first-order valence-electron chi connectivity index (χ1n) is 6.37. The van der Waals surface area contributed by atoms with Crippen molar-refractivity contribution in [1.82, 2.24) is 5.32 Å². The summed E-state index contributed by atoms with van der Waals surface area (Å²) in [5.41, 5.74) is 2.45. The highest BCUT2D eigenvalue weighted by Gasteiger charge is 2.05. The summed E-state index contributed by atoms with van der Waals surface area (Å²) in [5, 5.41) is 3.48. The van der Waals surface area contributed by atoms with Gasteiger partial charge in [0.15, 0.2) is 0 Å². The molecule has 0 heterocycles. The van der Waals surface area contributed by atoms with Crippen molar-refractivity contribution in [1.29, 1.82) is 0 Å². The quantitative estimate of drug-likeness (QED) is 0.792. The summed E-state index contributed by atoms with van der Waals surface area (Å²) < 4.78 is 5.15. The molecule has 0 aromatic heterocycles. The maximum Gasteiger partial charge on any atom is 0.118 e. The van der Waals surface area contributed by atoms with E-state index < -0.39 is 0 Å². The second-order valence-electron chi connectivity index (χ2n) is 4.35. The average molecular weight is 253 g/mol. The van der Waals surface area contributed by atoms with Crippen LogP contribution in [0.5, 0.6) is 5.75 Å². The van der Waals surface area contributed by atoms with Crippen LogP contribution in [0.2, 0.25) is 0 Å². The number of rotatable bonds is 6. The summed E-state index contributed by atoms with van der Waals surface area (Å²) in [6, 6.07) is 18.6. The number of ether oxygens (including phenoxy) is 1. The molecule has 1 N–H and O–H groups in total. The van der Waals surface area contributed by atoms with Crippen LogP contribution >= 0.6 is 0 Å². The van der Waals surface area contributed by atoms with Gasteiger partial charge >= 0.3 is 0 Å². The van der Waals surface area contributed by atoms with E-state index >= 15 is 0 Å². The van der Waals surface area contributed by atoms with Crippen LogP contribution in [0.3, 0.4) is 0 Å². The third-order valence-electron chi connectivity index (χ3n) is 3.08. The molecule has 0 saturated carbocycles. The zero-order chi connectivity index (χ0) is 13.5. The summed E-state index contributed by atoms with van der Waals surface area (Å²) in [4.78, 5) is 0. The van der Waals surface area contributed by atoms with Crippen molar-refractivity contribution in [3.63, 3.8) is 0 Å². The third-order valence-corrected chi connectivity index (χ3v) is 3.08. The van der Waals surface area contributed by atoms with Gasteiger partial charge in [-0.05, 0) is 23.3 Å². The molecule has 98 valence electrons. The lowest BCUT2D eigenvalue weighted by molar-refractivity contribution is 0.414. The minimum atomic E-state index is 0.170. The van der Waals surface area contributed by atoms with E-state index in [0.717, 1.165) is 12.3 Å². The molecule has 2 aromatic carbocycles. The van der Waals surface area contributed by atoms with Gasteiger partial charge in [0.05, 0.1) is 13.2 Å². The monoisotopic (exact) mass is 253 g/mol. The van der Waals surface area contributed by atoms with Gasteiger partial charge in [0.25, 0.3) is 0 Å². The number of nitrogens with one attached hydrogen (secondary N) is 1. The topological polar surface area (TPSA) is 21.3 Å². The Bertz CT molecular complexity index is 505. The van der Waals surface area contributed by atoms with E-state index in [1.54, 1.807) is 7.11 Å². The summed E-state index contributed by atoms with van der Waals surface area (Å²) >= 11 is 0. The fourth-order valence-corrected chi connectivity index (χ4v) is 1.97. The van der Waals surface area contributed by atoms with Gasteiger partial charge in [-0.25, -0.2) is 0 Å². The SMILES string of the molecule is C=CC(NCc1ccc(OC)cc1)c1ccccc1. The van der Waals surface area contributed by atoms with E-state index in [4.69, 9.17) is 4.74 Å². The first-order valence-corrected chi connectivity index (χ1v) is 6.37. The van der Waals surface area contributed by atoms with Gasteiger partial charge in [0.1, 0.15) is 5.75 Å². The molecule has 0 amide bonds. The van der Waals surface area contributed by atoms with Crippen LogP contribution in [0.15, 0.2) is 67.3 Å². The zero-order valence-corrected chi connectivity index (χ0v) is 11.2. The second-order valence-corrected chi connectivity index (χ2v) is 4.35. The second kappa shape index (κ2) is 6.76. The van der Waals surface area contributed by atoms with E-state index in [1.165, 1.54) is 11.1 Å². The third kappa shape index (κ3) is 3.70. The highest BCUT2D eigenvalue weighted by molar-refractivity contribution is 5.28. The Morgan fingerprint density at radius 3 is 2.37 bits per heavy atom. The highest BCUT2D eigenvalue weighted by Crippen LogP contribution is 2.15. The van der Waals surface area contributed by atoms with Gasteiger partial charge in [-0.3, -0.25) is 0 Å². The Balaban J connectivity index is 1.98. The van der Waals surface area contributed by atoms with Crippen LogP contribution in [-0.4, -0.2) is 7.11 Å². The van der Waals surface area contributed by atoms with Crippen LogP contribution < -0.4 is 10.1 Å². The van der Waals surface area contributed by atoms with E-state index in [-0.39, 0.29) is 6.04 Å². The minimum Gasteiger partial charge on any atom is -0.497 e. The summed E-state index contributed by atoms with van der Waals surface area (Å²) in [6.45, 7) is 4.70. The first-order chi connectivity index (χ1) is 9.33. The largest absolute Gasteiger partial charge is 0.497 e. The Morgan fingerprint density at radius 2 is 1.79 bits per heavy atom. The molecule has 2 heteroatoms. The van der Waals surface area contributed by atoms with Crippen LogP contribution in [0.1, 0.15) is 17.2 Å². The molecule has 0 radical (unpaired) electrons. The Kier molecular flexibility index (Phi) is 4.76. The van der Waals surface area contributed by atoms with E-state index in [2.05, 4.69) is 36.2 Å². The summed E-state index contributed by atoms with van der Waals surface area (Å²) in [5.74, 6) is 0.882. The average Bonchev–Trinajstić information content (AvgIpc) is 2.49. The van der Waals surface area contributed by atoms with Crippen LogP contribution in [0.4, 0.5) is 0 Å². The van der Waals surface area contributed by atoms with Gasteiger partial charge in [-0.2, -0.15) is 0 Å². The Hall–Kier alpha value is -2.06. The van der Waals surface area contributed by atoms with Gasteiger partial charge < -0.3 is 10.1 Å². The standard InChI is InChI=1S/C17H19NO/c1-3-17(15-7-5-4-6-8-15)18-13-14-9-11-16(19-2)12-10-14/h3-12,17-18H,1,13H2,2H3. The lowest BCUT2D eigenvalue weighted by Crippen LogP contribution is -2.18. The maximum atomic E-state index is 5.15. The highest BCUT2D eigenvalue weighted by atomic mass is 16.5. The molecule has 0 bridgehead atoms. The predicted octanol–water partition coefficient (Wildman–Crippen LogP) is 3.71. The summed E-state index contributed by atoms with van der Waals surface area (Å²) in [6.07, 6.45) is 1.93. The van der Waals surface area contributed by atoms with Crippen molar-refractivity contribution in [2.75, 3.05) is 7.11 Å². The number of benzene rings is 2. The molecule has 1 unspecified atom stereocenters. The van der Waals surface area contributed by atoms with E-state index in [1.807, 2.05) is 36.4 Å². The molecule has 19 heavy (non-hydrogen) atoms. The first kappa shape index (κ1) is 13.4. The number of hydrogen-bond donors (Lipinski definition) is 1. The molecule has 0 aliphatic rings. The smallest absolute Gasteiger partial charge is 0.118 e. The van der Waals surface area contributed by atoms with Gasteiger partial charge in [0, 0.05) is 6.54 Å². The van der Waals surface area contributed by atoms with Crippen molar-refractivity contribution in [3.05, 3.63) is 78.4 Å². The molecule has 0 aliphatic carbocycles. The minimum absolute atomic E-state index is 0.170. The van der Waals surface area contributed by atoms with Crippen molar-refractivity contribution < 1.29 is 4.74 Å². The predicted molar refractivity (Wildman–Crippen MR) is 79.2 cm³/mol. The fourth-order valence-electron chi connectivity index (χ4n) is 1.97. The van der Waals surface area contributed by atoms with Gasteiger partial charge in [0.2, 0.25) is 0 Å². The molecule has 2 rings (SSSR count).